The van der Waals surface area contributed by atoms with Gasteiger partial charge in [-0.25, -0.2) is 13.2 Å². The molecule has 1 rings (SSSR count). The first-order valence-corrected chi connectivity index (χ1v) is 6.06. The minimum Gasteiger partial charge on any atom is -0.345 e. The van der Waals surface area contributed by atoms with E-state index in [2.05, 4.69) is 5.32 Å². The summed E-state index contributed by atoms with van der Waals surface area (Å²) in [7, 11) is 0. The summed E-state index contributed by atoms with van der Waals surface area (Å²) in [5.41, 5.74) is 4.72. The third kappa shape index (κ3) is 3.86. The van der Waals surface area contributed by atoms with Gasteiger partial charge in [-0.3, -0.25) is 4.79 Å². The van der Waals surface area contributed by atoms with Crippen LogP contribution in [0.5, 0.6) is 0 Å². The zero-order valence-electron chi connectivity index (χ0n) is 11.3. The highest BCUT2D eigenvalue weighted by Crippen LogP contribution is 2.17. The van der Waals surface area contributed by atoms with Crippen molar-refractivity contribution in [2.75, 3.05) is 6.54 Å². The van der Waals surface area contributed by atoms with E-state index in [9.17, 15) is 18.0 Å². The molecule has 0 radical (unpaired) electrons. The van der Waals surface area contributed by atoms with Crippen molar-refractivity contribution in [2.24, 2.45) is 5.73 Å². The molecule has 0 aliphatic heterocycles. The van der Waals surface area contributed by atoms with Crippen LogP contribution in [0, 0.1) is 17.5 Å². The molecule has 0 unspecified atom stereocenters. The van der Waals surface area contributed by atoms with Crippen LogP contribution in [0.4, 0.5) is 13.2 Å². The maximum Gasteiger partial charge on any atom is 0.251 e. The maximum absolute atomic E-state index is 13.1. The van der Waals surface area contributed by atoms with E-state index in [1.54, 1.807) is 0 Å². The number of benzene rings is 1. The first kappa shape index (κ1) is 18.7. The fourth-order valence-corrected chi connectivity index (χ4v) is 1.77. The van der Waals surface area contributed by atoms with Crippen LogP contribution in [0.3, 0.4) is 0 Å². The predicted molar refractivity (Wildman–Crippen MR) is 73.4 cm³/mol. The number of nitrogens with one attached hydrogen (secondary N) is 1. The van der Waals surface area contributed by atoms with Crippen LogP contribution in [0.2, 0.25) is 0 Å². The summed E-state index contributed by atoms with van der Waals surface area (Å²) in [6.07, 6.45) is 1.16. The van der Waals surface area contributed by atoms with Crippen LogP contribution in [-0.4, -0.2) is 18.0 Å². The highest BCUT2D eigenvalue weighted by molar-refractivity contribution is 5.94. The molecule has 0 fully saturated rings. The summed E-state index contributed by atoms with van der Waals surface area (Å²) in [5, 5.41) is 2.65. The molecule has 1 aromatic carbocycles. The quantitative estimate of drug-likeness (QED) is 0.822. The number of rotatable bonds is 5. The van der Waals surface area contributed by atoms with Crippen LogP contribution >= 0.6 is 12.4 Å². The average molecular weight is 311 g/mol. The molecule has 0 aliphatic rings. The summed E-state index contributed by atoms with van der Waals surface area (Å²) in [6, 6.07) is 1.33. The minimum absolute atomic E-state index is 0. The molecule has 0 aromatic heterocycles. The number of amides is 1. The number of carbonyl (C=O) groups is 1. The molecule has 0 saturated heterocycles. The van der Waals surface area contributed by atoms with E-state index in [0.29, 0.717) is 25.0 Å². The zero-order valence-corrected chi connectivity index (χ0v) is 12.1. The Balaban J connectivity index is 0.00000361. The maximum atomic E-state index is 13.1. The van der Waals surface area contributed by atoms with Gasteiger partial charge in [-0.05, 0) is 25.0 Å². The molecule has 0 atom stereocenters. The van der Waals surface area contributed by atoms with Crippen molar-refractivity contribution in [1.29, 1.82) is 0 Å². The molecule has 0 aliphatic carbocycles. The van der Waals surface area contributed by atoms with E-state index in [4.69, 9.17) is 5.73 Å². The van der Waals surface area contributed by atoms with Crippen molar-refractivity contribution >= 4 is 18.3 Å². The number of halogens is 4. The first-order chi connectivity index (χ1) is 8.89. The lowest BCUT2D eigenvalue weighted by Crippen LogP contribution is -2.52. The van der Waals surface area contributed by atoms with Gasteiger partial charge in [0.1, 0.15) is 0 Å². The lowest BCUT2D eigenvalue weighted by atomic mass is 9.92. The molecule has 1 aromatic rings. The highest BCUT2D eigenvalue weighted by atomic mass is 35.5. The molecule has 0 spiro atoms. The fraction of sp³-hybridized carbons (Fsp3) is 0.462. The second-order valence-electron chi connectivity index (χ2n) is 4.40. The molecular formula is C13H18ClF3N2O. The predicted octanol–water partition coefficient (Wildman–Crippen LogP) is 2.77. The Hall–Kier alpha value is -1.27. The van der Waals surface area contributed by atoms with E-state index in [0.717, 1.165) is 0 Å². The Morgan fingerprint density at radius 1 is 1.20 bits per heavy atom. The van der Waals surface area contributed by atoms with Gasteiger partial charge in [-0.2, -0.15) is 0 Å². The Bertz CT molecular complexity index is 447. The van der Waals surface area contributed by atoms with Crippen LogP contribution in [0.25, 0.3) is 0 Å². The third-order valence-corrected chi connectivity index (χ3v) is 3.37. The van der Waals surface area contributed by atoms with E-state index in [-0.39, 0.29) is 24.5 Å². The molecule has 7 heteroatoms. The second-order valence-corrected chi connectivity index (χ2v) is 4.40. The van der Waals surface area contributed by atoms with Gasteiger partial charge in [-0.1, -0.05) is 13.8 Å². The lowest BCUT2D eigenvalue weighted by Gasteiger charge is -2.31. The molecule has 1 amide bonds. The van der Waals surface area contributed by atoms with E-state index in [1.807, 2.05) is 13.8 Å². The van der Waals surface area contributed by atoms with Gasteiger partial charge in [-0.15, -0.1) is 12.4 Å². The van der Waals surface area contributed by atoms with Gasteiger partial charge in [0.15, 0.2) is 17.5 Å². The van der Waals surface area contributed by atoms with Crippen molar-refractivity contribution in [3.05, 3.63) is 35.1 Å². The summed E-state index contributed by atoms with van der Waals surface area (Å²) in [5.74, 6) is -5.05. The summed E-state index contributed by atoms with van der Waals surface area (Å²) >= 11 is 0. The molecule has 0 saturated carbocycles. The van der Waals surface area contributed by atoms with Gasteiger partial charge in [0.2, 0.25) is 0 Å². The summed E-state index contributed by atoms with van der Waals surface area (Å²) in [6.45, 7) is 3.91. The van der Waals surface area contributed by atoms with Crippen LogP contribution in [0.1, 0.15) is 37.0 Å². The van der Waals surface area contributed by atoms with Gasteiger partial charge in [0.05, 0.1) is 5.54 Å². The summed E-state index contributed by atoms with van der Waals surface area (Å²) < 4.78 is 38.9. The Morgan fingerprint density at radius 3 is 2.00 bits per heavy atom. The van der Waals surface area contributed by atoms with E-state index in [1.165, 1.54) is 0 Å². The SMILES string of the molecule is CCC(CC)(CN)NC(=O)c1cc(F)c(F)c(F)c1.Cl. The molecule has 3 nitrogen and oxygen atoms in total. The van der Waals surface area contributed by atoms with Gasteiger partial charge in [0, 0.05) is 12.1 Å². The Morgan fingerprint density at radius 2 is 1.65 bits per heavy atom. The Labute approximate surface area is 122 Å². The lowest BCUT2D eigenvalue weighted by molar-refractivity contribution is 0.0894. The topological polar surface area (TPSA) is 55.1 Å². The smallest absolute Gasteiger partial charge is 0.251 e. The van der Waals surface area contributed by atoms with Crippen LogP contribution < -0.4 is 11.1 Å². The van der Waals surface area contributed by atoms with Crippen molar-refractivity contribution in [2.45, 2.75) is 32.2 Å². The van der Waals surface area contributed by atoms with Gasteiger partial charge >= 0.3 is 0 Å². The molecule has 20 heavy (non-hydrogen) atoms. The normalized spacial score (nSPS) is 10.9. The summed E-state index contributed by atoms with van der Waals surface area (Å²) in [4.78, 5) is 11.9. The Kier molecular flexibility index (Phi) is 7.02. The zero-order chi connectivity index (χ0) is 14.6. The van der Waals surface area contributed by atoms with E-state index >= 15 is 0 Å². The minimum atomic E-state index is -1.59. The molecule has 114 valence electrons. The fourth-order valence-electron chi connectivity index (χ4n) is 1.77. The number of nitrogens with two attached hydrogens (primary N) is 1. The largest absolute Gasteiger partial charge is 0.345 e. The first-order valence-electron chi connectivity index (χ1n) is 6.06. The van der Waals surface area contributed by atoms with E-state index < -0.39 is 28.9 Å². The standard InChI is InChI=1S/C13H17F3N2O.ClH/c1-3-13(4-2,7-17)18-12(19)8-5-9(14)11(16)10(15)6-8;/h5-6H,3-4,7,17H2,1-2H3,(H,18,19);1H. The number of hydrogen-bond acceptors (Lipinski definition) is 2. The van der Waals surface area contributed by atoms with Gasteiger partial charge < -0.3 is 11.1 Å². The third-order valence-electron chi connectivity index (χ3n) is 3.37. The molecular weight excluding hydrogens is 293 g/mol. The molecule has 0 heterocycles. The van der Waals surface area contributed by atoms with Crippen molar-refractivity contribution in [1.82, 2.24) is 5.32 Å². The monoisotopic (exact) mass is 310 g/mol. The molecule has 3 N–H and O–H groups in total. The number of hydrogen-bond donors (Lipinski definition) is 2. The molecule has 0 bridgehead atoms. The second kappa shape index (κ2) is 7.50. The van der Waals surface area contributed by atoms with Crippen LogP contribution in [0.15, 0.2) is 12.1 Å². The van der Waals surface area contributed by atoms with Crippen molar-refractivity contribution in [3.63, 3.8) is 0 Å². The number of carbonyl (C=O) groups excluding carboxylic acids is 1. The highest BCUT2D eigenvalue weighted by Gasteiger charge is 2.27. The van der Waals surface area contributed by atoms with Crippen molar-refractivity contribution in [3.8, 4) is 0 Å². The van der Waals surface area contributed by atoms with Gasteiger partial charge in [0.25, 0.3) is 5.91 Å². The average Bonchev–Trinajstić information content (AvgIpc) is 2.41. The van der Waals surface area contributed by atoms with Crippen molar-refractivity contribution < 1.29 is 18.0 Å². The van der Waals surface area contributed by atoms with Crippen LogP contribution in [-0.2, 0) is 0 Å².